The van der Waals surface area contributed by atoms with Crippen LogP contribution in [0.4, 0.5) is 0 Å². The number of benzene rings is 1. The Hall–Kier alpha value is -0.307. The van der Waals surface area contributed by atoms with E-state index in [4.69, 9.17) is 33.0 Å². The predicted molar refractivity (Wildman–Crippen MR) is 49.6 cm³/mol. The minimum Gasteiger partial charge on any atom is -0.480 e. The maximum absolute atomic E-state index is 10.2. The Balaban J connectivity index is 0.00000169. The molecule has 0 aliphatic rings. The van der Waals surface area contributed by atoms with Gasteiger partial charge in [-0.3, -0.25) is 0 Å². The second-order valence-corrected chi connectivity index (χ2v) is 3.02. The molecule has 0 saturated carbocycles. The molecule has 6 heteroatoms. The fraction of sp³-hybridized carbons (Fsp3) is 0.125. The molecule has 0 amide bonds. The number of carboxylic acids is 1. The summed E-state index contributed by atoms with van der Waals surface area (Å²) in [6, 6.07) is 4.78. The van der Waals surface area contributed by atoms with Crippen LogP contribution in [0.1, 0.15) is 0 Å². The average Bonchev–Trinajstić information content (AvgIpc) is 2.07. The molecule has 0 unspecified atom stereocenters. The summed E-state index contributed by atoms with van der Waals surface area (Å²) in [7, 11) is 0. The maximum atomic E-state index is 10.2. The van der Waals surface area contributed by atoms with Crippen molar-refractivity contribution in [3.8, 4) is 5.75 Å². The van der Waals surface area contributed by atoms with Gasteiger partial charge in [-0.2, -0.15) is 0 Å². The molecule has 0 fully saturated rings. The fourth-order valence-corrected chi connectivity index (χ4v) is 1.08. The molecule has 1 aromatic rings. The summed E-state index contributed by atoms with van der Waals surface area (Å²) in [5.74, 6) is -0.785. The van der Waals surface area contributed by atoms with Gasteiger partial charge in [-0.25, -0.2) is 4.79 Å². The van der Waals surface area contributed by atoms with Crippen molar-refractivity contribution >= 4 is 29.2 Å². The normalized spacial score (nSPS) is 9.00. The van der Waals surface area contributed by atoms with Crippen LogP contribution in [0.3, 0.4) is 0 Å². The van der Waals surface area contributed by atoms with Crippen LogP contribution in [-0.4, -0.2) is 17.7 Å². The van der Waals surface area contributed by atoms with Gasteiger partial charge in [0.05, 0.1) is 5.02 Å². The fourth-order valence-electron chi connectivity index (χ4n) is 0.735. The summed E-state index contributed by atoms with van der Waals surface area (Å²) in [6.07, 6.45) is 0. The van der Waals surface area contributed by atoms with Crippen LogP contribution in [-0.2, 0) is 24.3 Å². The van der Waals surface area contributed by atoms with Gasteiger partial charge in [0.15, 0.2) is 6.61 Å². The van der Waals surface area contributed by atoms with Gasteiger partial charge < -0.3 is 9.84 Å². The monoisotopic (exact) mass is 284 g/mol. The second kappa shape index (κ2) is 6.23. The summed E-state index contributed by atoms with van der Waals surface area (Å²) in [4.78, 5) is 10.2. The predicted octanol–water partition coefficient (Wildman–Crippen LogP) is 2.45. The standard InChI is InChI=1S/C8H6Cl2O3.Zn/c9-5-2-1-3-6(8(5)10)13-4-7(11)12;/h1-3H,4H2,(H,11,12);. The molecule has 72 valence electrons. The number of hydrogen-bond donors (Lipinski definition) is 1. The summed E-state index contributed by atoms with van der Waals surface area (Å²) in [5.41, 5.74) is 0. The van der Waals surface area contributed by atoms with E-state index < -0.39 is 12.6 Å². The Morgan fingerprint density at radius 2 is 2.07 bits per heavy atom. The Morgan fingerprint density at radius 1 is 1.43 bits per heavy atom. The van der Waals surface area contributed by atoms with E-state index in [1.165, 1.54) is 0 Å². The molecule has 0 aromatic heterocycles. The molecule has 1 rings (SSSR count). The van der Waals surface area contributed by atoms with Crippen molar-refractivity contribution < 1.29 is 34.1 Å². The van der Waals surface area contributed by atoms with Crippen molar-refractivity contribution in [3.05, 3.63) is 28.2 Å². The van der Waals surface area contributed by atoms with Crippen molar-refractivity contribution in [2.45, 2.75) is 0 Å². The summed E-state index contributed by atoms with van der Waals surface area (Å²) in [5, 5.41) is 8.90. The van der Waals surface area contributed by atoms with E-state index in [1.54, 1.807) is 18.2 Å². The molecule has 0 bridgehead atoms. The van der Waals surface area contributed by atoms with Gasteiger partial charge >= 0.3 is 5.97 Å². The van der Waals surface area contributed by atoms with E-state index in [-0.39, 0.29) is 30.3 Å². The minimum atomic E-state index is -1.06. The van der Waals surface area contributed by atoms with Crippen molar-refractivity contribution in [2.24, 2.45) is 0 Å². The first-order valence-corrected chi connectivity index (χ1v) is 4.15. The van der Waals surface area contributed by atoms with Crippen LogP contribution in [0.2, 0.25) is 10.0 Å². The van der Waals surface area contributed by atoms with Gasteiger partial charge in [-0.15, -0.1) is 0 Å². The molecule has 0 atom stereocenters. The van der Waals surface area contributed by atoms with Crippen molar-refractivity contribution in [2.75, 3.05) is 6.61 Å². The van der Waals surface area contributed by atoms with Crippen molar-refractivity contribution in [3.63, 3.8) is 0 Å². The molecule has 0 heterocycles. The maximum Gasteiger partial charge on any atom is 0.341 e. The molecule has 0 saturated heterocycles. The molecule has 0 radical (unpaired) electrons. The topological polar surface area (TPSA) is 46.5 Å². The van der Waals surface area contributed by atoms with Gasteiger partial charge in [0, 0.05) is 19.5 Å². The van der Waals surface area contributed by atoms with Gasteiger partial charge in [0.25, 0.3) is 0 Å². The van der Waals surface area contributed by atoms with Crippen molar-refractivity contribution in [1.29, 1.82) is 0 Å². The van der Waals surface area contributed by atoms with Crippen LogP contribution in [0.5, 0.6) is 5.75 Å². The van der Waals surface area contributed by atoms with E-state index in [0.29, 0.717) is 5.02 Å². The third-order valence-corrected chi connectivity index (χ3v) is 2.07. The molecular formula is C8H6Cl2O3Zn. The number of halogens is 2. The van der Waals surface area contributed by atoms with E-state index in [9.17, 15) is 4.79 Å². The molecule has 0 aliphatic carbocycles. The van der Waals surface area contributed by atoms with Gasteiger partial charge in [0.2, 0.25) is 0 Å². The number of carboxylic acid groups (broad SMARTS) is 1. The van der Waals surface area contributed by atoms with Gasteiger partial charge in [0.1, 0.15) is 10.8 Å². The quantitative estimate of drug-likeness (QED) is 0.868. The molecule has 1 aromatic carbocycles. The summed E-state index contributed by atoms with van der Waals surface area (Å²) >= 11 is 11.4. The smallest absolute Gasteiger partial charge is 0.341 e. The number of ether oxygens (including phenoxy) is 1. The van der Waals surface area contributed by atoms with E-state index in [1.807, 2.05) is 0 Å². The van der Waals surface area contributed by atoms with Crippen molar-refractivity contribution in [1.82, 2.24) is 0 Å². The van der Waals surface area contributed by atoms with Crippen LogP contribution in [0.25, 0.3) is 0 Å². The van der Waals surface area contributed by atoms with Crippen LogP contribution in [0, 0.1) is 0 Å². The molecule has 0 aliphatic heterocycles. The number of aliphatic carboxylic acids is 1. The first-order valence-electron chi connectivity index (χ1n) is 3.40. The second-order valence-electron chi connectivity index (χ2n) is 2.23. The summed E-state index contributed by atoms with van der Waals surface area (Å²) in [6.45, 7) is -0.430. The molecule has 14 heavy (non-hydrogen) atoms. The SMILES string of the molecule is O=C(O)COc1cccc(Cl)c1Cl.[Zn]. The van der Waals surface area contributed by atoms with Crippen LogP contribution < -0.4 is 4.74 Å². The Kier molecular flexibility index (Phi) is 6.09. The third kappa shape index (κ3) is 3.83. The molecular weight excluding hydrogens is 280 g/mol. The Morgan fingerprint density at radius 3 is 2.64 bits per heavy atom. The number of hydrogen-bond acceptors (Lipinski definition) is 2. The van der Waals surface area contributed by atoms with Gasteiger partial charge in [-0.05, 0) is 12.1 Å². The molecule has 3 nitrogen and oxygen atoms in total. The van der Waals surface area contributed by atoms with Crippen LogP contribution in [0.15, 0.2) is 18.2 Å². The van der Waals surface area contributed by atoms with E-state index >= 15 is 0 Å². The third-order valence-electron chi connectivity index (χ3n) is 1.27. The number of rotatable bonds is 3. The number of carbonyl (C=O) groups is 1. The average molecular weight is 286 g/mol. The zero-order valence-electron chi connectivity index (χ0n) is 7.17. The first-order chi connectivity index (χ1) is 6.11. The van der Waals surface area contributed by atoms with E-state index in [2.05, 4.69) is 0 Å². The molecule has 1 N–H and O–H groups in total. The Bertz CT molecular complexity index is 330. The molecule has 0 spiro atoms. The largest absolute Gasteiger partial charge is 0.480 e. The zero-order valence-corrected chi connectivity index (χ0v) is 11.6. The minimum absolute atomic E-state index is 0. The van der Waals surface area contributed by atoms with E-state index in [0.717, 1.165) is 0 Å². The summed E-state index contributed by atoms with van der Waals surface area (Å²) < 4.78 is 4.86. The van der Waals surface area contributed by atoms with Gasteiger partial charge in [-0.1, -0.05) is 29.3 Å². The zero-order chi connectivity index (χ0) is 9.84. The Labute approximate surface area is 104 Å². The van der Waals surface area contributed by atoms with Crippen LogP contribution >= 0.6 is 23.2 Å². The first kappa shape index (κ1) is 13.7.